The molecule has 0 spiro atoms. The lowest BCUT2D eigenvalue weighted by atomic mass is 9.96. The van der Waals surface area contributed by atoms with Crippen LogP contribution in [0.2, 0.25) is 0 Å². The highest BCUT2D eigenvalue weighted by atomic mass is 16.5. The van der Waals surface area contributed by atoms with E-state index in [0.29, 0.717) is 13.0 Å². The summed E-state index contributed by atoms with van der Waals surface area (Å²) in [5.41, 5.74) is 5.70. The van der Waals surface area contributed by atoms with Crippen LogP contribution in [0.3, 0.4) is 0 Å². The molecule has 0 saturated carbocycles. The molecule has 2 heteroatoms. The Labute approximate surface area is 121 Å². The molecule has 0 radical (unpaired) electrons. The first-order valence-electron chi connectivity index (χ1n) is 6.92. The monoisotopic (exact) mass is 270 g/mol. The summed E-state index contributed by atoms with van der Waals surface area (Å²) in [6.07, 6.45) is 0.130. The molecular formula is C18H22O2. The molecule has 0 aliphatic rings. The van der Waals surface area contributed by atoms with Crippen molar-refractivity contribution in [1.29, 1.82) is 0 Å². The zero-order valence-corrected chi connectivity index (χ0v) is 12.4. The molecule has 106 valence electrons. The van der Waals surface area contributed by atoms with Gasteiger partial charge in [-0.15, -0.1) is 0 Å². The van der Waals surface area contributed by atoms with Gasteiger partial charge in [0.15, 0.2) is 0 Å². The van der Waals surface area contributed by atoms with E-state index < -0.39 is 6.10 Å². The van der Waals surface area contributed by atoms with Gasteiger partial charge in [-0.05, 0) is 41.7 Å². The lowest BCUT2D eigenvalue weighted by molar-refractivity contribution is 0.161. The molecule has 0 amide bonds. The molecular weight excluding hydrogens is 248 g/mol. The van der Waals surface area contributed by atoms with Crippen LogP contribution in [0, 0.1) is 13.8 Å². The van der Waals surface area contributed by atoms with E-state index >= 15 is 0 Å². The Balaban J connectivity index is 2.19. The maximum Gasteiger partial charge on any atom is 0.0833 e. The van der Waals surface area contributed by atoms with Gasteiger partial charge in [-0.3, -0.25) is 0 Å². The third-order valence-electron chi connectivity index (χ3n) is 3.71. The van der Waals surface area contributed by atoms with Crippen molar-refractivity contribution in [3.8, 4) is 0 Å². The zero-order valence-electron chi connectivity index (χ0n) is 12.4. The van der Waals surface area contributed by atoms with Gasteiger partial charge in [0.25, 0.3) is 0 Å². The van der Waals surface area contributed by atoms with Gasteiger partial charge in [0.2, 0.25) is 0 Å². The zero-order chi connectivity index (χ0) is 14.5. The molecule has 0 saturated heterocycles. The van der Waals surface area contributed by atoms with Crippen LogP contribution in [-0.4, -0.2) is 12.2 Å². The van der Waals surface area contributed by atoms with Crippen LogP contribution in [0.5, 0.6) is 0 Å². The van der Waals surface area contributed by atoms with Crippen LogP contribution in [0.25, 0.3) is 0 Å². The summed E-state index contributed by atoms with van der Waals surface area (Å²) in [4.78, 5) is 0. The quantitative estimate of drug-likeness (QED) is 0.897. The highest BCUT2D eigenvalue weighted by molar-refractivity contribution is 5.33. The first kappa shape index (κ1) is 14.8. The van der Waals surface area contributed by atoms with Crippen LogP contribution in [0.15, 0.2) is 42.5 Å². The SMILES string of the molecule is COCc1ccccc1C(O)Cc1ccc(C)c(C)c1. The summed E-state index contributed by atoms with van der Waals surface area (Å²) < 4.78 is 5.19. The van der Waals surface area contributed by atoms with E-state index in [1.807, 2.05) is 24.3 Å². The first-order chi connectivity index (χ1) is 9.61. The number of hydrogen-bond acceptors (Lipinski definition) is 2. The molecule has 1 unspecified atom stereocenters. The van der Waals surface area contributed by atoms with Crippen molar-refractivity contribution in [1.82, 2.24) is 0 Å². The van der Waals surface area contributed by atoms with Crippen molar-refractivity contribution in [3.63, 3.8) is 0 Å². The Hall–Kier alpha value is -1.64. The first-order valence-corrected chi connectivity index (χ1v) is 6.92. The molecule has 0 fully saturated rings. The van der Waals surface area contributed by atoms with Crippen molar-refractivity contribution < 1.29 is 9.84 Å². The molecule has 2 aromatic rings. The van der Waals surface area contributed by atoms with Gasteiger partial charge in [0, 0.05) is 13.5 Å². The third-order valence-corrected chi connectivity index (χ3v) is 3.71. The van der Waals surface area contributed by atoms with E-state index in [0.717, 1.165) is 16.7 Å². The second-order valence-electron chi connectivity index (χ2n) is 5.27. The summed E-state index contributed by atoms with van der Waals surface area (Å²) in [7, 11) is 1.67. The summed E-state index contributed by atoms with van der Waals surface area (Å²) in [5, 5.41) is 10.5. The van der Waals surface area contributed by atoms with Gasteiger partial charge >= 0.3 is 0 Å². The van der Waals surface area contributed by atoms with Gasteiger partial charge in [0.1, 0.15) is 0 Å². The van der Waals surface area contributed by atoms with Crippen molar-refractivity contribution in [2.75, 3.05) is 7.11 Å². The number of hydrogen-bond donors (Lipinski definition) is 1. The highest BCUT2D eigenvalue weighted by Crippen LogP contribution is 2.23. The Morgan fingerprint density at radius 3 is 2.50 bits per heavy atom. The molecule has 2 nitrogen and oxygen atoms in total. The molecule has 2 rings (SSSR count). The topological polar surface area (TPSA) is 29.5 Å². The van der Waals surface area contributed by atoms with Crippen LogP contribution < -0.4 is 0 Å². The Kier molecular flexibility index (Phi) is 4.94. The van der Waals surface area contributed by atoms with Crippen LogP contribution >= 0.6 is 0 Å². The second kappa shape index (κ2) is 6.69. The standard InChI is InChI=1S/C18H22O2/c1-13-8-9-15(10-14(13)2)11-18(19)17-7-5-4-6-16(17)12-20-3/h4-10,18-19H,11-12H2,1-3H3. The van der Waals surface area contributed by atoms with Crippen molar-refractivity contribution in [2.24, 2.45) is 0 Å². The molecule has 1 atom stereocenters. The fourth-order valence-electron chi connectivity index (χ4n) is 2.41. The van der Waals surface area contributed by atoms with E-state index in [4.69, 9.17) is 4.74 Å². The van der Waals surface area contributed by atoms with Crippen molar-refractivity contribution in [3.05, 3.63) is 70.3 Å². The van der Waals surface area contributed by atoms with Gasteiger partial charge in [-0.2, -0.15) is 0 Å². The molecule has 0 aliphatic heterocycles. The maximum atomic E-state index is 10.5. The summed E-state index contributed by atoms with van der Waals surface area (Å²) in [6, 6.07) is 14.3. The Morgan fingerprint density at radius 2 is 1.80 bits per heavy atom. The molecule has 1 N–H and O–H groups in total. The smallest absolute Gasteiger partial charge is 0.0833 e. The number of benzene rings is 2. The lowest BCUT2D eigenvalue weighted by Crippen LogP contribution is -2.06. The Bertz CT molecular complexity index is 575. The van der Waals surface area contributed by atoms with Crippen LogP contribution in [0.1, 0.15) is 33.9 Å². The number of aryl methyl sites for hydroxylation is 2. The van der Waals surface area contributed by atoms with Gasteiger partial charge < -0.3 is 9.84 Å². The number of rotatable bonds is 5. The average molecular weight is 270 g/mol. The molecule has 0 bridgehead atoms. The van der Waals surface area contributed by atoms with E-state index in [9.17, 15) is 5.11 Å². The summed E-state index contributed by atoms with van der Waals surface area (Å²) in [5.74, 6) is 0. The van der Waals surface area contributed by atoms with Crippen LogP contribution in [0.4, 0.5) is 0 Å². The predicted octanol–water partition coefficient (Wildman–Crippen LogP) is 3.73. The minimum atomic E-state index is -0.497. The van der Waals surface area contributed by atoms with Gasteiger partial charge in [-0.1, -0.05) is 42.5 Å². The second-order valence-corrected chi connectivity index (χ2v) is 5.27. The van der Waals surface area contributed by atoms with Crippen molar-refractivity contribution >= 4 is 0 Å². The molecule has 0 heterocycles. The fourth-order valence-corrected chi connectivity index (χ4v) is 2.41. The van der Waals surface area contributed by atoms with E-state index in [1.165, 1.54) is 11.1 Å². The van der Waals surface area contributed by atoms with Gasteiger partial charge in [-0.25, -0.2) is 0 Å². The normalized spacial score (nSPS) is 12.4. The third kappa shape index (κ3) is 3.47. The largest absolute Gasteiger partial charge is 0.388 e. The summed E-state index contributed by atoms with van der Waals surface area (Å²) >= 11 is 0. The van der Waals surface area contributed by atoms with Gasteiger partial charge in [0.05, 0.1) is 12.7 Å². The average Bonchev–Trinajstić information content (AvgIpc) is 2.44. The highest BCUT2D eigenvalue weighted by Gasteiger charge is 2.13. The van der Waals surface area contributed by atoms with Crippen LogP contribution in [-0.2, 0) is 17.8 Å². The Morgan fingerprint density at radius 1 is 1.05 bits per heavy atom. The lowest BCUT2D eigenvalue weighted by Gasteiger charge is -2.16. The van der Waals surface area contributed by atoms with E-state index in [2.05, 4.69) is 32.0 Å². The minimum Gasteiger partial charge on any atom is -0.388 e. The van der Waals surface area contributed by atoms with E-state index in [-0.39, 0.29) is 0 Å². The molecule has 20 heavy (non-hydrogen) atoms. The number of aliphatic hydroxyl groups is 1. The maximum absolute atomic E-state index is 10.5. The summed E-state index contributed by atoms with van der Waals surface area (Å²) in [6.45, 7) is 4.73. The number of aliphatic hydroxyl groups excluding tert-OH is 1. The molecule has 0 aromatic heterocycles. The van der Waals surface area contributed by atoms with E-state index in [1.54, 1.807) is 7.11 Å². The minimum absolute atomic E-state index is 0.497. The molecule has 2 aromatic carbocycles. The number of ether oxygens (including phenoxy) is 1. The predicted molar refractivity (Wildman–Crippen MR) is 81.7 cm³/mol. The number of methoxy groups -OCH3 is 1. The fraction of sp³-hybridized carbons (Fsp3) is 0.333. The van der Waals surface area contributed by atoms with Crippen molar-refractivity contribution in [2.45, 2.75) is 33.0 Å². The molecule has 0 aliphatic carbocycles.